The molecule has 5 aromatic carbocycles. The third-order valence-electron chi connectivity index (χ3n) is 24.4. The van der Waals surface area contributed by atoms with Crippen molar-refractivity contribution in [1.82, 2.24) is 90.2 Å². The first-order valence-electron chi connectivity index (χ1n) is 49.7. The number of urea groups is 3. The summed E-state index contributed by atoms with van der Waals surface area (Å²) in [7, 11) is 4.34. The van der Waals surface area contributed by atoms with Crippen LogP contribution < -0.4 is 30.7 Å². The maximum atomic E-state index is 12.6. The summed E-state index contributed by atoms with van der Waals surface area (Å²) in [5, 5.41) is 60.6. The van der Waals surface area contributed by atoms with Gasteiger partial charge in [0.2, 0.25) is 0 Å². The number of carbonyl (C=O) groups excluding carboxylic acids is 5. The van der Waals surface area contributed by atoms with Crippen LogP contribution in [0.2, 0.25) is 15.1 Å². The molecule has 0 spiro atoms. The molecule has 764 valence electrons. The first kappa shape index (κ1) is 110. The van der Waals surface area contributed by atoms with Crippen LogP contribution in [0, 0.1) is 0 Å². The third kappa shape index (κ3) is 32.2. The number of amides is 8. The standard InChI is InChI=1S/C23H33N3O3.C23H31N3O3.C17H21ClN4O.2C17H19ClN4O.C10H17N3.CH4O.H2/c2*1-6-7-8-20-19-16-25(22(27)29-23(2,3)4)14-13-21(19)26(24-20)15-17-9-11-18(28-5)12-10-17;3*1-2-3-7-15-14-11-22(9-8-16(14)21-20-15)17(23)19-13-6-4-5-12(18)10-13;1-2-3-4-9-8-7-11-6-5-10(8)13-12-9;1-2;/h9-12H,6-8,13-16H2,1-5H3;7-12H,6,13-16H2,1-5H3;4-6,10H,2-3,7-9,11H2,1H3,(H,19,23)(H,20,21);2*3-7,10H,2,8-9,11H2,1H3,(H,19,23)(H,20,21);11H,2-7H2,1H3,(H,12,13);2H,1H3;1H/b;;;7-3+;7-3-;;;. The second-order valence-corrected chi connectivity index (χ2v) is 38.7. The number of aromatic nitrogens is 12. The van der Waals surface area contributed by atoms with Crippen molar-refractivity contribution in [3.05, 3.63) is 267 Å². The molecule has 34 heteroatoms. The Hall–Kier alpha value is -12.7. The van der Waals surface area contributed by atoms with Crippen molar-refractivity contribution >= 4 is 100 Å². The zero-order valence-electron chi connectivity index (χ0n) is 85.2. The number of benzene rings is 5. The van der Waals surface area contributed by atoms with Gasteiger partial charge in [0, 0.05) is 193 Å². The fourth-order valence-electron chi connectivity index (χ4n) is 17.0. The summed E-state index contributed by atoms with van der Waals surface area (Å²) in [5.41, 5.74) is 24.1. The van der Waals surface area contributed by atoms with Crippen molar-refractivity contribution in [1.29, 1.82) is 0 Å². The topological polar surface area (TPSA) is 357 Å². The number of carbonyl (C=O) groups is 5. The van der Waals surface area contributed by atoms with E-state index in [1.54, 1.807) is 65.3 Å². The predicted octanol–water partition coefficient (Wildman–Crippen LogP) is 22.6. The number of nitrogens with zero attached hydrogens (tertiary/aromatic N) is 13. The minimum Gasteiger partial charge on any atom is -0.497 e. The highest BCUT2D eigenvalue weighted by atomic mass is 35.5. The monoisotopic (exact) mass is 2000 g/mol. The molecule has 8 amide bonds. The number of allylic oxidation sites excluding steroid dienone is 3. The molecule has 0 unspecified atom stereocenters. The van der Waals surface area contributed by atoms with E-state index in [0.717, 1.165) is 203 Å². The van der Waals surface area contributed by atoms with E-state index in [-0.39, 0.29) is 31.7 Å². The lowest BCUT2D eigenvalue weighted by atomic mass is 10.0. The second-order valence-electron chi connectivity index (χ2n) is 37.4. The molecule has 0 bridgehead atoms. The van der Waals surface area contributed by atoms with E-state index in [1.165, 1.54) is 63.6 Å². The lowest BCUT2D eigenvalue weighted by molar-refractivity contribution is 0.0212. The summed E-state index contributed by atoms with van der Waals surface area (Å²) >= 11 is 17.9. The van der Waals surface area contributed by atoms with Crippen LogP contribution in [0.1, 0.15) is 255 Å². The lowest BCUT2D eigenvalue weighted by Gasteiger charge is -2.30. The number of unbranched alkanes of at least 4 members (excludes halogenated alkanes) is 3. The molecule has 142 heavy (non-hydrogen) atoms. The smallest absolute Gasteiger partial charge is 0.410 e. The fraction of sp³-hybridized carbons (Fsp3) is 0.454. The van der Waals surface area contributed by atoms with Gasteiger partial charge in [-0.05, 0) is 208 Å². The maximum absolute atomic E-state index is 12.6. The summed E-state index contributed by atoms with van der Waals surface area (Å²) in [6.07, 6.45) is 29.7. The highest BCUT2D eigenvalue weighted by molar-refractivity contribution is 6.31. The second kappa shape index (κ2) is 54.5. The number of H-pyrrole nitrogens is 4. The highest BCUT2D eigenvalue weighted by Crippen LogP contribution is 2.33. The van der Waals surface area contributed by atoms with Gasteiger partial charge in [0.05, 0.1) is 94.2 Å². The zero-order chi connectivity index (χ0) is 102. The fourth-order valence-corrected chi connectivity index (χ4v) is 17.5. The third-order valence-corrected chi connectivity index (χ3v) is 25.1. The number of aliphatic hydroxyl groups is 1. The van der Waals surface area contributed by atoms with E-state index >= 15 is 0 Å². The molecule has 9 N–H and O–H groups in total. The van der Waals surface area contributed by atoms with E-state index in [1.807, 2.05) is 124 Å². The van der Waals surface area contributed by atoms with E-state index in [2.05, 4.69) is 162 Å². The van der Waals surface area contributed by atoms with Gasteiger partial charge in [-0.2, -0.15) is 30.6 Å². The van der Waals surface area contributed by atoms with Gasteiger partial charge in [0.15, 0.2) is 0 Å². The lowest BCUT2D eigenvalue weighted by Crippen LogP contribution is -2.40. The van der Waals surface area contributed by atoms with Crippen LogP contribution in [-0.4, -0.2) is 192 Å². The van der Waals surface area contributed by atoms with Gasteiger partial charge in [0.1, 0.15) is 22.7 Å². The van der Waals surface area contributed by atoms with Crippen LogP contribution in [0.15, 0.2) is 140 Å². The number of ether oxygens (including phenoxy) is 4. The average molecular weight is 2000 g/mol. The molecule has 0 saturated carbocycles. The first-order valence-corrected chi connectivity index (χ1v) is 50.9. The van der Waals surface area contributed by atoms with Crippen LogP contribution in [0.3, 0.4) is 0 Å². The Balaban J connectivity index is 0.000000177. The van der Waals surface area contributed by atoms with Gasteiger partial charge in [-0.25, -0.2) is 24.0 Å². The van der Waals surface area contributed by atoms with E-state index in [9.17, 15) is 24.0 Å². The molecular weight excluding hydrogens is 1860 g/mol. The average Bonchev–Trinajstić information content (AvgIpc) is 1.62. The number of methoxy groups -OCH3 is 2. The van der Waals surface area contributed by atoms with E-state index < -0.39 is 11.2 Å². The predicted molar refractivity (Wildman–Crippen MR) is 567 cm³/mol. The molecule has 0 atom stereocenters. The van der Waals surface area contributed by atoms with Crippen LogP contribution in [0.25, 0.3) is 18.2 Å². The number of aromatic amines is 4. The number of halogens is 3. The Kier molecular flexibility index (Phi) is 42.1. The Morgan fingerprint density at radius 2 is 0.768 bits per heavy atom. The van der Waals surface area contributed by atoms with Crippen molar-refractivity contribution in [3.8, 4) is 11.5 Å². The van der Waals surface area contributed by atoms with Crippen LogP contribution in [0.5, 0.6) is 11.5 Å². The van der Waals surface area contributed by atoms with Gasteiger partial charge >= 0.3 is 30.3 Å². The molecule has 0 radical (unpaired) electrons. The Labute approximate surface area is 852 Å². The molecule has 0 aliphatic carbocycles. The Morgan fingerprint density at radius 1 is 0.415 bits per heavy atom. The van der Waals surface area contributed by atoms with Crippen molar-refractivity contribution < 1.29 is 49.5 Å². The summed E-state index contributed by atoms with van der Waals surface area (Å²) < 4.78 is 25.8. The number of fused-ring (bicyclic) bond motifs is 6. The van der Waals surface area contributed by atoms with Crippen molar-refractivity contribution in [2.45, 2.75) is 262 Å². The summed E-state index contributed by atoms with van der Waals surface area (Å²) in [6.45, 7) is 33.9. The number of aliphatic hydroxyl groups excluding tert-OH is 1. The highest BCUT2D eigenvalue weighted by Gasteiger charge is 2.35. The van der Waals surface area contributed by atoms with Crippen LogP contribution in [-0.2, 0) is 120 Å². The molecule has 0 saturated heterocycles. The number of rotatable bonds is 24. The summed E-state index contributed by atoms with van der Waals surface area (Å²) in [6, 6.07) is 37.3. The minimum absolute atomic E-state index is 0. The maximum Gasteiger partial charge on any atom is 0.410 e. The van der Waals surface area contributed by atoms with Gasteiger partial charge in [-0.1, -0.05) is 156 Å². The molecule has 0 fully saturated rings. The molecule has 6 aliphatic rings. The number of hydrogen-bond donors (Lipinski definition) is 9. The molecule has 6 aromatic heterocycles. The van der Waals surface area contributed by atoms with Gasteiger partial charge < -0.3 is 69.8 Å². The van der Waals surface area contributed by atoms with E-state index in [0.29, 0.717) is 104 Å². The van der Waals surface area contributed by atoms with Gasteiger partial charge in [0.25, 0.3) is 0 Å². The largest absolute Gasteiger partial charge is 0.497 e. The van der Waals surface area contributed by atoms with Crippen LogP contribution >= 0.6 is 34.8 Å². The Bertz CT molecular complexity index is 5880. The molecule has 11 aromatic rings. The molecule has 6 aliphatic heterocycles. The van der Waals surface area contributed by atoms with Crippen molar-refractivity contribution in [2.75, 3.05) is 76.5 Å². The number of aryl methyl sites for hydroxylation is 3. The van der Waals surface area contributed by atoms with Crippen molar-refractivity contribution in [3.63, 3.8) is 0 Å². The number of nitrogens with one attached hydrogen (secondary N) is 8. The molecular formula is C108H146Cl3N21O10. The number of hydrogen-bond acceptors (Lipinski definition) is 17. The van der Waals surface area contributed by atoms with Gasteiger partial charge in [-0.15, -0.1) is 0 Å². The zero-order valence-corrected chi connectivity index (χ0v) is 87.5. The Morgan fingerprint density at radius 3 is 1.17 bits per heavy atom. The first-order chi connectivity index (χ1) is 68.5. The quantitative estimate of drug-likeness (QED) is 0.0271. The SMILES string of the molecule is CC/C=C/c1n[nH]c2c1CN(C(=O)Nc1cccc(Cl)c1)CC2.CC/C=C\c1n[nH]c2c1CN(C(=O)Nc1cccc(Cl)c1)CC2.CCC=Cc1nn(Cc2ccc(OC)cc2)c2c1CN(C(=O)OC(C)(C)C)CC2.CCCCc1n[nH]c2c1CN(C(=O)Nc1cccc(Cl)c1)CC2.CCCCc1n[nH]c2c1CNCC2.CCCCc1nn(Cc2ccc(OC)cc2)c2c1CN(C(=O)OC(C)(C)C)CC2.CO.[HH]. The molecule has 31 nitrogen and oxygen atoms in total. The minimum atomic E-state index is -0.499. The van der Waals surface area contributed by atoms with Gasteiger partial charge in [-0.3, -0.25) is 29.8 Å². The van der Waals surface area contributed by atoms with E-state index in [4.69, 9.17) is 69.1 Å². The number of anilines is 3. The normalized spacial score (nSPS) is 14.0. The van der Waals surface area contributed by atoms with Crippen molar-refractivity contribution in [2.24, 2.45) is 0 Å². The summed E-state index contributed by atoms with van der Waals surface area (Å²) in [4.78, 5) is 71.5. The summed E-state index contributed by atoms with van der Waals surface area (Å²) in [5.74, 6) is 1.70. The molecule has 12 heterocycles. The van der Waals surface area contributed by atoms with Crippen LogP contribution in [0.4, 0.5) is 41.0 Å². The molecule has 17 rings (SSSR count).